The van der Waals surface area contributed by atoms with Crippen molar-refractivity contribution in [1.29, 1.82) is 0 Å². The lowest BCUT2D eigenvalue weighted by Crippen LogP contribution is -2.37. The fourth-order valence-corrected chi connectivity index (χ4v) is 6.83. The quantitative estimate of drug-likeness (QED) is 0.366. The summed E-state index contributed by atoms with van der Waals surface area (Å²) in [5.41, 5.74) is 5.27. The van der Waals surface area contributed by atoms with E-state index in [-0.39, 0.29) is 6.04 Å². The minimum atomic E-state index is 0.0411. The number of methoxy groups -OCH3 is 2. The standard InChI is InChI=1S/C28H29N3O2S/c1-17-9-10-24-21(13-17)25-27(29-16-30-28(25)34-24)31-12-11-19-14-22(32-2)23(33-3)15-20(19)26(31)18-7-5-4-6-8-18/h4-8,14-17,26H,9-13H2,1-3H3. The molecule has 2 aromatic heterocycles. The summed E-state index contributed by atoms with van der Waals surface area (Å²) >= 11 is 1.86. The minimum Gasteiger partial charge on any atom is -0.493 e. The largest absolute Gasteiger partial charge is 0.493 e. The molecule has 0 saturated heterocycles. The maximum atomic E-state index is 5.70. The molecule has 0 spiro atoms. The van der Waals surface area contributed by atoms with Crippen molar-refractivity contribution in [2.45, 2.75) is 38.6 Å². The molecule has 34 heavy (non-hydrogen) atoms. The van der Waals surface area contributed by atoms with Crippen LogP contribution in [-0.2, 0) is 19.3 Å². The van der Waals surface area contributed by atoms with Crippen molar-refractivity contribution >= 4 is 27.4 Å². The predicted molar refractivity (Wildman–Crippen MR) is 137 cm³/mol. The van der Waals surface area contributed by atoms with Gasteiger partial charge in [-0.1, -0.05) is 37.3 Å². The van der Waals surface area contributed by atoms with Gasteiger partial charge in [0.25, 0.3) is 0 Å². The van der Waals surface area contributed by atoms with E-state index in [0.29, 0.717) is 5.92 Å². The molecule has 2 unspecified atom stereocenters. The minimum absolute atomic E-state index is 0.0411. The summed E-state index contributed by atoms with van der Waals surface area (Å²) in [6.07, 6.45) is 6.19. The Morgan fingerprint density at radius 1 is 1.00 bits per heavy atom. The highest BCUT2D eigenvalue weighted by atomic mass is 32.1. The van der Waals surface area contributed by atoms with Gasteiger partial charge < -0.3 is 14.4 Å². The molecule has 1 aliphatic heterocycles. The molecule has 174 valence electrons. The van der Waals surface area contributed by atoms with Crippen molar-refractivity contribution in [3.8, 4) is 11.5 Å². The van der Waals surface area contributed by atoms with Crippen molar-refractivity contribution in [1.82, 2.24) is 9.97 Å². The average molecular weight is 472 g/mol. The molecular formula is C28H29N3O2S. The molecule has 2 aliphatic rings. The third-order valence-corrected chi connectivity index (χ3v) is 8.53. The molecule has 4 aromatic rings. The van der Waals surface area contributed by atoms with Gasteiger partial charge in [0.1, 0.15) is 17.0 Å². The smallest absolute Gasteiger partial charge is 0.161 e. The third-order valence-electron chi connectivity index (χ3n) is 7.33. The van der Waals surface area contributed by atoms with Crippen LogP contribution in [0.1, 0.15) is 46.5 Å². The monoisotopic (exact) mass is 471 g/mol. The second-order valence-electron chi connectivity index (χ2n) is 9.39. The van der Waals surface area contributed by atoms with Gasteiger partial charge in [-0.3, -0.25) is 0 Å². The van der Waals surface area contributed by atoms with Crippen LogP contribution in [0.5, 0.6) is 11.5 Å². The molecule has 2 aromatic carbocycles. The van der Waals surface area contributed by atoms with E-state index in [0.717, 1.165) is 48.0 Å². The zero-order chi connectivity index (χ0) is 23.2. The predicted octanol–water partition coefficient (Wildman–Crippen LogP) is 5.99. The second kappa shape index (κ2) is 8.58. The Morgan fingerprint density at radius 3 is 2.59 bits per heavy atom. The topological polar surface area (TPSA) is 47.5 Å². The lowest BCUT2D eigenvalue weighted by Gasteiger charge is -2.39. The summed E-state index contributed by atoms with van der Waals surface area (Å²) in [6.45, 7) is 3.24. The zero-order valence-corrected chi connectivity index (χ0v) is 20.7. The number of fused-ring (bicyclic) bond motifs is 4. The number of nitrogens with zero attached hydrogens (tertiary/aromatic N) is 3. The molecule has 5 nitrogen and oxygen atoms in total. The lowest BCUT2D eigenvalue weighted by atomic mass is 9.86. The van der Waals surface area contributed by atoms with E-state index >= 15 is 0 Å². The van der Waals surface area contributed by atoms with Crippen LogP contribution in [0.2, 0.25) is 0 Å². The SMILES string of the molecule is COc1cc2c(cc1OC)C(c1ccccc1)N(c1ncnc3sc4c(c13)CC(C)CC4)CC2. The molecule has 0 saturated carbocycles. The van der Waals surface area contributed by atoms with Crippen LogP contribution in [0, 0.1) is 5.92 Å². The number of ether oxygens (including phenoxy) is 2. The molecule has 0 N–H and O–H groups in total. The van der Waals surface area contributed by atoms with E-state index in [4.69, 9.17) is 19.4 Å². The Hall–Kier alpha value is -3.12. The average Bonchev–Trinajstić information content (AvgIpc) is 3.25. The number of benzene rings is 2. The van der Waals surface area contributed by atoms with Crippen LogP contribution in [0.4, 0.5) is 5.82 Å². The first-order valence-electron chi connectivity index (χ1n) is 12.0. The number of hydrogen-bond donors (Lipinski definition) is 0. The fourth-order valence-electron chi connectivity index (χ4n) is 5.65. The number of anilines is 1. The fraction of sp³-hybridized carbons (Fsp3) is 0.357. The highest BCUT2D eigenvalue weighted by molar-refractivity contribution is 7.19. The van der Waals surface area contributed by atoms with E-state index in [1.54, 1.807) is 20.5 Å². The van der Waals surface area contributed by atoms with Gasteiger partial charge in [0.15, 0.2) is 11.5 Å². The summed E-state index contributed by atoms with van der Waals surface area (Å²) in [7, 11) is 3.40. The number of thiophene rings is 1. The van der Waals surface area contributed by atoms with Gasteiger partial charge in [-0.05, 0) is 66.0 Å². The third kappa shape index (κ3) is 3.43. The first-order valence-corrected chi connectivity index (χ1v) is 12.8. The molecule has 0 radical (unpaired) electrons. The van der Waals surface area contributed by atoms with Crippen LogP contribution >= 0.6 is 11.3 Å². The molecule has 0 fully saturated rings. The Morgan fingerprint density at radius 2 is 1.79 bits per heavy atom. The summed E-state index contributed by atoms with van der Waals surface area (Å²) < 4.78 is 11.3. The lowest BCUT2D eigenvalue weighted by molar-refractivity contribution is 0.353. The van der Waals surface area contributed by atoms with Gasteiger partial charge in [-0.25, -0.2) is 9.97 Å². The van der Waals surface area contributed by atoms with Gasteiger partial charge in [0, 0.05) is 11.4 Å². The summed E-state index contributed by atoms with van der Waals surface area (Å²) in [6, 6.07) is 15.1. The highest BCUT2D eigenvalue weighted by Gasteiger charge is 2.34. The van der Waals surface area contributed by atoms with Crippen molar-refractivity contribution < 1.29 is 9.47 Å². The van der Waals surface area contributed by atoms with Crippen LogP contribution in [-0.4, -0.2) is 30.7 Å². The molecule has 2 atom stereocenters. The van der Waals surface area contributed by atoms with Crippen molar-refractivity contribution in [2.75, 3.05) is 25.7 Å². The van der Waals surface area contributed by atoms with Gasteiger partial charge in [0.05, 0.1) is 25.6 Å². The van der Waals surface area contributed by atoms with E-state index in [1.807, 2.05) is 11.3 Å². The van der Waals surface area contributed by atoms with Gasteiger partial charge in [-0.2, -0.15) is 0 Å². The number of hydrogen-bond acceptors (Lipinski definition) is 6. The van der Waals surface area contributed by atoms with Crippen molar-refractivity contribution in [2.24, 2.45) is 5.92 Å². The van der Waals surface area contributed by atoms with Crippen LogP contribution < -0.4 is 14.4 Å². The van der Waals surface area contributed by atoms with Crippen LogP contribution in [0.25, 0.3) is 10.2 Å². The Balaban J connectivity index is 1.56. The van der Waals surface area contributed by atoms with Crippen LogP contribution in [0.15, 0.2) is 48.8 Å². The van der Waals surface area contributed by atoms with E-state index in [9.17, 15) is 0 Å². The second-order valence-corrected chi connectivity index (χ2v) is 10.5. The Kier molecular flexibility index (Phi) is 5.41. The summed E-state index contributed by atoms with van der Waals surface area (Å²) in [5.74, 6) is 3.30. The summed E-state index contributed by atoms with van der Waals surface area (Å²) in [4.78, 5) is 14.7. The maximum absolute atomic E-state index is 5.70. The Bertz CT molecular complexity index is 1350. The number of aromatic nitrogens is 2. The van der Waals surface area contributed by atoms with Gasteiger partial charge in [0.2, 0.25) is 0 Å². The highest BCUT2D eigenvalue weighted by Crippen LogP contribution is 2.46. The zero-order valence-electron chi connectivity index (χ0n) is 19.9. The molecule has 6 rings (SSSR count). The van der Waals surface area contributed by atoms with Crippen molar-refractivity contribution in [3.05, 3.63) is 75.9 Å². The first-order chi connectivity index (χ1) is 16.7. The van der Waals surface area contributed by atoms with Gasteiger partial charge >= 0.3 is 0 Å². The first kappa shape index (κ1) is 21.4. The van der Waals surface area contributed by atoms with Crippen molar-refractivity contribution in [3.63, 3.8) is 0 Å². The number of aryl methyl sites for hydroxylation is 1. The molecule has 6 heteroatoms. The summed E-state index contributed by atoms with van der Waals surface area (Å²) in [5, 5.41) is 1.26. The molecule has 3 heterocycles. The number of rotatable bonds is 4. The van der Waals surface area contributed by atoms with E-state index in [2.05, 4.69) is 54.3 Å². The molecule has 0 amide bonds. The van der Waals surface area contributed by atoms with Crippen LogP contribution in [0.3, 0.4) is 0 Å². The molecule has 1 aliphatic carbocycles. The maximum Gasteiger partial charge on any atom is 0.161 e. The normalized spacial score (nSPS) is 19.6. The van der Waals surface area contributed by atoms with Gasteiger partial charge in [-0.15, -0.1) is 11.3 Å². The molecule has 0 bridgehead atoms. The van der Waals surface area contributed by atoms with E-state index < -0.39 is 0 Å². The Labute approximate surface area is 204 Å². The molecular weight excluding hydrogens is 442 g/mol. The van der Waals surface area contributed by atoms with E-state index in [1.165, 1.54) is 38.9 Å².